The second-order valence-corrected chi connectivity index (χ2v) is 4.31. The van der Waals surface area contributed by atoms with Gasteiger partial charge in [-0.3, -0.25) is 9.59 Å². The highest BCUT2D eigenvalue weighted by Gasteiger charge is 2.10. The first-order chi connectivity index (χ1) is 8.56. The first-order valence-corrected chi connectivity index (χ1v) is 6.16. The molecule has 2 N–H and O–H groups in total. The molecule has 1 amide bonds. The van der Waals surface area contributed by atoms with Crippen LogP contribution in [0.5, 0.6) is 0 Å². The number of aliphatic hydroxyl groups is 1. The van der Waals surface area contributed by atoms with Gasteiger partial charge in [-0.25, -0.2) is 0 Å². The number of nitrogens with one attached hydrogen (secondary N) is 1. The second-order valence-electron chi connectivity index (χ2n) is 4.04. The number of rotatable bonds is 6. The minimum absolute atomic E-state index is 0.0372. The van der Waals surface area contributed by atoms with Gasteiger partial charge in [0.2, 0.25) is 5.91 Å². The molecule has 1 rings (SSSR count). The summed E-state index contributed by atoms with van der Waals surface area (Å²) in [6, 6.07) is 6.68. The van der Waals surface area contributed by atoms with Crippen LogP contribution in [0, 0.1) is 0 Å². The molecule has 0 spiro atoms. The van der Waals surface area contributed by atoms with E-state index in [2.05, 4.69) is 5.32 Å². The Morgan fingerprint density at radius 1 is 1.33 bits per heavy atom. The summed E-state index contributed by atoms with van der Waals surface area (Å²) in [7, 11) is 0. The lowest BCUT2D eigenvalue weighted by Gasteiger charge is -2.15. The quantitative estimate of drug-likeness (QED) is 0.601. The maximum absolute atomic E-state index is 11.3. The largest absolute Gasteiger partial charge is 0.394 e. The standard InChI is InChI=1S/C13H16ClNO3/c1-9(17)15-12(8-16)6-10-2-4-11(5-3-10)13(18)7-14/h2-5,12,16H,6-8H2,1H3,(H,15,17)/t12-/m0/s1. The number of Topliss-reactive ketones (excluding diaryl/α,β-unsaturated/α-hetero) is 1. The maximum atomic E-state index is 11.3. The van der Waals surface area contributed by atoms with Crippen molar-refractivity contribution in [3.05, 3.63) is 35.4 Å². The molecule has 0 aliphatic heterocycles. The number of carbonyl (C=O) groups is 2. The van der Waals surface area contributed by atoms with Gasteiger partial charge in [0.1, 0.15) is 0 Å². The van der Waals surface area contributed by atoms with Crippen LogP contribution in [-0.2, 0) is 11.2 Å². The maximum Gasteiger partial charge on any atom is 0.217 e. The molecule has 0 aliphatic rings. The average Bonchev–Trinajstić information content (AvgIpc) is 2.37. The van der Waals surface area contributed by atoms with E-state index in [1.807, 2.05) is 0 Å². The number of alkyl halides is 1. The van der Waals surface area contributed by atoms with Crippen molar-refractivity contribution >= 4 is 23.3 Å². The molecule has 0 saturated carbocycles. The zero-order chi connectivity index (χ0) is 13.5. The monoisotopic (exact) mass is 269 g/mol. The van der Waals surface area contributed by atoms with Gasteiger partial charge in [-0.15, -0.1) is 11.6 Å². The summed E-state index contributed by atoms with van der Waals surface area (Å²) in [6.07, 6.45) is 0.519. The van der Waals surface area contributed by atoms with Crippen LogP contribution < -0.4 is 5.32 Å². The Bertz CT molecular complexity index is 417. The van der Waals surface area contributed by atoms with Gasteiger partial charge in [-0.05, 0) is 12.0 Å². The molecular weight excluding hydrogens is 254 g/mol. The molecule has 0 heterocycles. The molecule has 0 radical (unpaired) electrons. The van der Waals surface area contributed by atoms with E-state index in [1.54, 1.807) is 24.3 Å². The Kier molecular flexibility index (Phi) is 5.82. The van der Waals surface area contributed by atoms with Gasteiger partial charge in [0.05, 0.1) is 18.5 Å². The minimum Gasteiger partial charge on any atom is -0.394 e. The number of benzene rings is 1. The Balaban J connectivity index is 2.67. The summed E-state index contributed by atoms with van der Waals surface area (Å²) < 4.78 is 0. The van der Waals surface area contributed by atoms with Gasteiger partial charge < -0.3 is 10.4 Å². The Labute approximate surface area is 111 Å². The zero-order valence-electron chi connectivity index (χ0n) is 10.1. The fourth-order valence-electron chi connectivity index (χ4n) is 1.64. The fraction of sp³-hybridized carbons (Fsp3) is 0.385. The Morgan fingerprint density at radius 3 is 2.39 bits per heavy atom. The van der Waals surface area contributed by atoms with E-state index in [9.17, 15) is 9.59 Å². The topological polar surface area (TPSA) is 66.4 Å². The van der Waals surface area contributed by atoms with Crippen molar-refractivity contribution in [1.29, 1.82) is 0 Å². The smallest absolute Gasteiger partial charge is 0.217 e. The van der Waals surface area contributed by atoms with E-state index in [0.717, 1.165) is 5.56 Å². The molecule has 1 atom stereocenters. The summed E-state index contributed by atoms with van der Waals surface area (Å²) in [5.41, 5.74) is 1.50. The van der Waals surface area contributed by atoms with Crippen LogP contribution in [0.1, 0.15) is 22.8 Å². The molecule has 0 saturated heterocycles. The highest BCUT2D eigenvalue weighted by molar-refractivity contribution is 6.30. The number of halogens is 1. The van der Waals surface area contributed by atoms with Crippen molar-refractivity contribution in [2.24, 2.45) is 0 Å². The SMILES string of the molecule is CC(=O)N[C@H](CO)Cc1ccc(C(=O)CCl)cc1. The first kappa shape index (κ1) is 14.7. The van der Waals surface area contributed by atoms with Crippen LogP contribution >= 0.6 is 11.6 Å². The van der Waals surface area contributed by atoms with Crippen LogP contribution in [0.4, 0.5) is 0 Å². The molecule has 0 fully saturated rings. The van der Waals surface area contributed by atoms with E-state index in [-0.39, 0.29) is 30.2 Å². The fourth-order valence-corrected chi connectivity index (χ4v) is 1.79. The molecule has 1 aromatic carbocycles. The van der Waals surface area contributed by atoms with E-state index < -0.39 is 0 Å². The Hall–Kier alpha value is -1.39. The third-order valence-electron chi connectivity index (χ3n) is 2.51. The predicted octanol–water partition coefficient (Wildman–Crippen LogP) is 1.15. The van der Waals surface area contributed by atoms with Gasteiger partial charge in [0.15, 0.2) is 5.78 Å². The lowest BCUT2D eigenvalue weighted by atomic mass is 10.0. The molecule has 98 valence electrons. The van der Waals surface area contributed by atoms with Crippen molar-refractivity contribution < 1.29 is 14.7 Å². The molecule has 0 bridgehead atoms. The summed E-state index contributed by atoms with van der Waals surface area (Å²) in [6.45, 7) is 1.28. The van der Waals surface area contributed by atoms with Gasteiger partial charge in [0, 0.05) is 12.5 Å². The van der Waals surface area contributed by atoms with Gasteiger partial charge in [-0.1, -0.05) is 24.3 Å². The summed E-state index contributed by atoms with van der Waals surface area (Å²) in [4.78, 5) is 22.2. The first-order valence-electron chi connectivity index (χ1n) is 5.63. The van der Waals surface area contributed by atoms with Crippen LogP contribution in [-0.4, -0.2) is 35.3 Å². The average molecular weight is 270 g/mol. The molecule has 1 aromatic rings. The third-order valence-corrected chi connectivity index (χ3v) is 2.75. The molecule has 0 aromatic heterocycles. The van der Waals surface area contributed by atoms with E-state index in [1.165, 1.54) is 6.92 Å². The number of amides is 1. The van der Waals surface area contributed by atoms with Crippen LogP contribution in [0.2, 0.25) is 0 Å². The van der Waals surface area contributed by atoms with E-state index >= 15 is 0 Å². The molecule has 5 heteroatoms. The van der Waals surface area contributed by atoms with Crippen molar-refractivity contribution in [1.82, 2.24) is 5.32 Å². The number of aliphatic hydroxyl groups excluding tert-OH is 1. The summed E-state index contributed by atoms with van der Waals surface area (Å²) in [5.74, 6) is -0.336. The number of ketones is 1. The Morgan fingerprint density at radius 2 is 1.94 bits per heavy atom. The molecule has 18 heavy (non-hydrogen) atoms. The zero-order valence-corrected chi connectivity index (χ0v) is 10.9. The van der Waals surface area contributed by atoms with Gasteiger partial charge in [0.25, 0.3) is 0 Å². The number of hydrogen-bond acceptors (Lipinski definition) is 3. The van der Waals surface area contributed by atoms with Crippen molar-refractivity contribution in [3.63, 3.8) is 0 Å². The number of carbonyl (C=O) groups excluding carboxylic acids is 2. The van der Waals surface area contributed by atoms with Crippen LogP contribution in [0.3, 0.4) is 0 Å². The highest BCUT2D eigenvalue weighted by Crippen LogP contribution is 2.08. The van der Waals surface area contributed by atoms with E-state index in [0.29, 0.717) is 12.0 Å². The van der Waals surface area contributed by atoms with Crippen molar-refractivity contribution in [2.75, 3.05) is 12.5 Å². The summed E-state index contributed by atoms with van der Waals surface area (Å²) in [5, 5.41) is 11.8. The van der Waals surface area contributed by atoms with Crippen LogP contribution in [0.15, 0.2) is 24.3 Å². The van der Waals surface area contributed by atoms with Crippen molar-refractivity contribution in [2.45, 2.75) is 19.4 Å². The van der Waals surface area contributed by atoms with Gasteiger partial charge >= 0.3 is 0 Å². The molecular formula is C13H16ClNO3. The lowest BCUT2D eigenvalue weighted by molar-refractivity contribution is -0.119. The molecule has 0 unspecified atom stereocenters. The predicted molar refractivity (Wildman–Crippen MR) is 69.9 cm³/mol. The van der Waals surface area contributed by atoms with Crippen LogP contribution in [0.25, 0.3) is 0 Å². The van der Waals surface area contributed by atoms with Gasteiger partial charge in [-0.2, -0.15) is 0 Å². The second kappa shape index (κ2) is 7.13. The molecule has 0 aliphatic carbocycles. The number of hydrogen-bond donors (Lipinski definition) is 2. The summed E-state index contributed by atoms with van der Waals surface area (Å²) >= 11 is 5.46. The lowest BCUT2D eigenvalue weighted by Crippen LogP contribution is -2.37. The normalized spacial score (nSPS) is 11.9. The minimum atomic E-state index is -0.308. The molecule has 4 nitrogen and oxygen atoms in total. The third kappa shape index (κ3) is 4.47. The van der Waals surface area contributed by atoms with Crippen molar-refractivity contribution in [3.8, 4) is 0 Å². The van der Waals surface area contributed by atoms with E-state index in [4.69, 9.17) is 16.7 Å². The highest BCUT2D eigenvalue weighted by atomic mass is 35.5.